The van der Waals surface area contributed by atoms with Gasteiger partial charge in [0.1, 0.15) is 5.82 Å². The van der Waals surface area contributed by atoms with Gasteiger partial charge in [0, 0.05) is 11.0 Å². The van der Waals surface area contributed by atoms with Crippen LogP contribution in [0.2, 0.25) is 0 Å². The molecule has 0 bridgehead atoms. The molecule has 4 heteroatoms. The molecule has 0 aromatic heterocycles. The van der Waals surface area contributed by atoms with Crippen LogP contribution in [0.5, 0.6) is 0 Å². The first-order valence-electron chi connectivity index (χ1n) is 5.18. The molecule has 0 aliphatic heterocycles. The third-order valence-electron chi connectivity index (χ3n) is 2.37. The van der Waals surface area contributed by atoms with Crippen molar-refractivity contribution in [1.82, 2.24) is 0 Å². The molecule has 0 amide bonds. The molecular weight excluding hydrogens is 227 g/mol. The summed E-state index contributed by atoms with van der Waals surface area (Å²) in [6, 6.07) is 4.30. The SMILES string of the molecule is CCC(C)SCc1ccc(C(=O)O)c(F)c1. The molecule has 1 rings (SSSR count). The quantitative estimate of drug-likeness (QED) is 0.857. The third-order valence-corrected chi connectivity index (χ3v) is 3.78. The lowest BCUT2D eigenvalue weighted by atomic mass is 10.1. The lowest BCUT2D eigenvalue weighted by Crippen LogP contribution is -2.01. The van der Waals surface area contributed by atoms with E-state index in [4.69, 9.17) is 5.11 Å². The van der Waals surface area contributed by atoms with Gasteiger partial charge in [-0.2, -0.15) is 11.8 Å². The van der Waals surface area contributed by atoms with E-state index >= 15 is 0 Å². The first-order valence-corrected chi connectivity index (χ1v) is 6.22. The molecule has 1 atom stereocenters. The number of benzene rings is 1. The zero-order valence-corrected chi connectivity index (χ0v) is 10.2. The Labute approximate surface area is 98.9 Å². The molecule has 0 saturated carbocycles. The van der Waals surface area contributed by atoms with Gasteiger partial charge in [-0.1, -0.05) is 19.9 Å². The summed E-state index contributed by atoms with van der Waals surface area (Å²) in [6.45, 7) is 4.22. The minimum Gasteiger partial charge on any atom is -0.478 e. The van der Waals surface area contributed by atoms with Crippen LogP contribution in [-0.2, 0) is 5.75 Å². The summed E-state index contributed by atoms with van der Waals surface area (Å²) in [4.78, 5) is 10.6. The monoisotopic (exact) mass is 242 g/mol. The normalized spacial score (nSPS) is 12.4. The smallest absolute Gasteiger partial charge is 0.338 e. The Hall–Kier alpha value is -1.03. The maximum Gasteiger partial charge on any atom is 0.338 e. The molecule has 1 aromatic rings. The Bertz CT molecular complexity index is 379. The molecule has 88 valence electrons. The molecule has 2 nitrogen and oxygen atoms in total. The van der Waals surface area contributed by atoms with Crippen molar-refractivity contribution in [3.05, 3.63) is 35.1 Å². The molecule has 0 radical (unpaired) electrons. The van der Waals surface area contributed by atoms with Crippen LogP contribution in [0.25, 0.3) is 0 Å². The van der Waals surface area contributed by atoms with Crippen LogP contribution in [-0.4, -0.2) is 16.3 Å². The van der Waals surface area contributed by atoms with Crippen LogP contribution in [0.1, 0.15) is 36.2 Å². The molecule has 0 fully saturated rings. The predicted molar refractivity (Wildman–Crippen MR) is 64.4 cm³/mol. The van der Waals surface area contributed by atoms with Gasteiger partial charge < -0.3 is 5.11 Å². The van der Waals surface area contributed by atoms with Gasteiger partial charge in [-0.05, 0) is 24.1 Å². The number of halogens is 1. The number of rotatable bonds is 5. The van der Waals surface area contributed by atoms with Crippen molar-refractivity contribution in [2.75, 3.05) is 0 Å². The average Bonchev–Trinajstić information content (AvgIpc) is 2.25. The fourth-order valence-corrected chi connectivity index (χ4v) is 2.07. The van der Waals surface area contributed by atoms with Gasteiger partial charge in [-0.15, -0.1) is 0 Å². The fourth-order valence-electron chi connectivity index (χ4n) is 1.18. The van der Waals surface area contributed by atoms with Crippen LogP contribution >= 0.6 is 11.8 Å². The van der Waals surface area contributed by atoms with Gasteiger partial charge in [-0.3, -0.25) is 0 Å². The molecule has 1 unspecified atom stereocenters. The number of carbonyl (C=O) groups is 1. The molecule has 1 aromatic carbocycles. The fraction of sp³-hybridized carbons (Fsp3) is 0.417. The molecule has 0 saturated heterocycles. The van der Waals surface area contributed by atoms with Crippen LogP contribution in [0.4, 0.5) is 4.39 Å². The number of hydrogen-bond acceptors (Lipinski definition) is 2. The van der Waals surface area contributed by atoms with Crippen LogP contribution in [0.3, 0.4) is 0 Å². The number of carboxylic acids is 1. The van der Waals surface area contributed by atoms with Crippen LogP contribution < -0.4 is 0 Å². The lowest BCUT2D eigenvalue weighted by Gasteiger charge is -2.08. The highest BCUT2D eigenvalue weighted by Gasteiger charge is 2.10. The highest BCUT2D eigenvalue weighted by Crippen LogP contribution is 2.21. The summed E-state index contributed by atoms with van der Waals surface area (Å²) >= 11 is 1.74. The highest BCUT2D eigenvalue weighted by atomic mass is 32.2. The van der Waals surface area contributed by atoms with E-state index in [0.717, 1.165) is 12.0 Å². The Morgan fingerprint density at radius 2 is 2.25 bits per heavy atom. The maximum atomic E-state index is 13.3. The standard InChI is InChI=1S/C12H15FO2S/c1-3-8(2)16-7-9-4-5-10(12(14)15)11(13)6-9/h4-6,8H,3,7H2,1-2H3,(H,14,15). The second-order valence-corrected chi connectivity index (χ2v) is 5.08. The average molecular weight is 242 g/mol. The molecule has 16 heavy (non-hydrogen) atoms. The largest absolute Gasteiger partial charge is 0.478 e. The summed E-state index contributed by atoms with van der Waals surface area (Å²) < 4.78 is 13.3. The predicted octanol–water partition coefficient (Wildman–Crippen LogP) is 3.56. The summed E-state index contributed by atoms with van der Waals surface area (Å²) in [5.41, 5.74) is 0.560. The highest BCUT2D eigenvalue weighted by molar-refractivity contribution is 7.99. The van der Waals surface area contributed by atoms with Crippen molar-refractivity contribution in [2.45, 2.75) is 31.3 Å². The van der Waals surface area contributed by atoms with E-state index < -0.39 is 11.8 Å². The minimum absolute atomic E-state index is 0.266. The number of thioether (sulfide) groups is 1. The van der Waals surface area contributed by atoms with E-state index in [1.807, 2.05) is 0 Å². The Morgan fingerprint density at radius 3 is 2.75 bits per heavy atom. The number of carboxylic acid groups (broad SMARTS) is 1. The first-order chi connectivity index (χ1) is 7.54. The Morgan fingerprint density at radius 1 is 1.56 bits per heavy atom. The van der Waals surface area contributed by atoms with Gasteiger partial charge in [0.2, 0.25) is 0 Å². The molecule has 0 aliphatic rings. The zero-order valence-electron chi connectivity index (χ0n) is 9.37. The van der Waals surface area contributed by atoms with E-state index in [-0.39, 0.29) is 5.56 Å². The number of aromatic carboxylic acids is 1. The van der Waals surface area contributed by atoms with Crippen molar-refractivity contribution in [3.63, 3.8) is 0 Å². The van der Waals surface area contributed by atoms with E-state index in [0.29, 0.717) is 11.0 Å². The molecular formula is C12H15FO2S. The van der Waals surface area contributed by atoms with Crippen molar-refractivity contribution in [2.24, 2.45) is 0 Å². The van der Waals surface area contributed by atoms with Crippen molar-refractivity contribution in [3.8, 4) is 0 Å². The van der Waals surface area contributed by atoms with Crippen LogP contribution in [0.15, 0.2) is 18.2 Å². The van der Waals surface area contributed by atoms with Gasteiger partial charge in [0.05, 0.1) is 5.56 Å². The molecule has 0 aliphatic carbocycles. The Kier molecular flexibility index (Phi) is 4.80. The molecule has 0 spiro atoms. The first kappa shape index (κ1) is 13.0. The molecule has 0 heterocycles. The summed E-state index contributed by atoms with van der Waals surface area (Å²) in [6.07, 6.45) is 1.07. The van der Waals surface area contributed by atoms with Crippen molar-refractivity contribution < 1.29 is 14.3 Å². The topological polar surface area (TPSA) is 37.3 Å². The van der Waals surface area contributed by atoms with Gasteiger partial charge in [0.25, 0.3) is 0 Å². The molecule has 1 N–H and O–H groups in total. The van der Waals surface area contributed by atoms with E-state index in [1.54, 1.807) is 17.8 Å². The zero-order chi connectivity index (χ0) is 12.1. The van der Waals surface area contributed by atoms with Crippen molar-refractivity contribution in [1.29, 1.82) is 0 Å². The van der Waals surface area contributed by atoms with E-state index in [2.05, 4.69) is 13.8 Å². The lowest BCUT2D eigenvalue weighted by molar-refractivity contribution is 0.0692. The van der Waals surface area contributed by atoms with Crippen molar-refractivity contribution >= 4 is 17.7 Å². The maximum absolute atomic E-state index is 13.3. The summed E-state index contributed by atoms with van der Waals surface area (Å²) in [5.74, 6) is -1.17. The Balaban J connectivity index is 2.70. The summed E-state index contributed by atoms with van der Waals surface area (Å²) in [5, 5.41) is 9.20. The minimum atomic E-state index is -1.22. The van der Waals surface area contributed by atoms with E-state index in [9.17, 15) is 9.18 Å². The van der Waals surface area contributed by atoms with Gasteiger partial charge >= 0.3 is 5.97 Å². The third kappa shape index (κ3) is 3.52. The number of hydrogen-bond donors (Lipinski definition) is 1. The second-order valence-electron chi connectivity index (χ2n) is 3.65. The van der Waals surface area contributed by atoms with Gasteiger partial charge in [-0.25, -0.2) is 9.18 Å². The van der Waals surface area contributed by atoms with Gasteiger partial charge in [0.15, 0.2) is 0 Å². The van der Waals surface area contributed by atoms with E-state index in [1.165, 1.54) is 12.1 Å². The van der Waals surface area contributed by atoms with Crippen LogP contribution in [0, 0.1) is 5.82 Å². The summed E-state index contributed by atoms with van der Waals surface area (Å²) in [7, 11) is 0. The second kappa shape index (κ2) is 5.89.